The lowest BCUT2D eigenvalue weighted by Crippen LogP contribution is -2.43. The lowest BCUT2D eigenvalue weighted by atomic mass is 9.70. The monoisotopic (exact) mass is 369 g/mol. The summed E-state index contributed by atoms with van der Waals surface area (Å²) in [4.78, 5) is 14.4. The second-order valence-electron chi connectivity index (χ2n) is 8.94. The predicted octanol–water partition coefficient (Wildman–Crippen LogP) is 3.23. The summed E-state index contributed by atoms with van der Waals surface area (Å²) in [6.07, 6.45) is 12.1. The van der Waals surface area contributed by atoms with Crippen LogP contribution >= 0.6 is 0 Å². The molecule has 1 heterocycles. The average Bonchev–Trinajstić information content (AvgIpc) is 3.05. The molecule has 0 radical (unpaired) electrons. The van der Waals surface area contributed by atoms with Gasteiger partial charge in [0.05, 0.1) is 18.1 Å². The summed E-state index contributed by atoms with van der Waals surface area (Å²) in [5.41, 5.74) is -0.352. The highest BCUT2D eigenvalue weighted by molar-refractivity contribution is 5.75. The van der Waals surface area contributed by atoms with Crippen molar-refractivity contribution in [3.8, 4) is 11.8 Å². The zero-order valence-electron chi connectivity index (χ0n) is 16.2. The number of carboxylic acid groups (broad SMARTS) is 1. The fraction of sp³-hybridized carbons (Fsp3) is 0.696. The number of piperidine rings is 1. The van der Waals surface area contributed by atoms with Crippen LogP contribution in [0.3, 0.4) is 0 Å². The maximum absolute atomic E-state index is 12.0. The molecule has 146 valence electrons. The van der Waals surface area contributed by atoms with E-state index in [-0.39, 0.29) is 12.3 Å². The molecule has 0 bridgehead atoms. The SMILES string of the molecule is CC1[C@H]2C[C@H]2CN1CC#CCC(C(=O)O)C1=CC=CCC1(O)C1CCCC1. The van der Waals surface area contributed by atoms with Crippen molar-refractivity contribution in [2.75, 3.05) is 13.1 Å². The van der Waals surface area contributed by atoms with Crippen molar-refractivity contribution >= 4 is 5.97 Å². The van der Waals surface area contributed by atoms with Crippen LogP contribution in [0.2, 0.25) is 0 Å². The Bertz CT molecular complexity index is 709. The number of rotatable bonds is 5. The Labute approximate surface area is 162 Å². The van der Waals surface area contributed by atoms with Gasteiger partial charge >= 0.3 is 5.97 Å². The third kappa shape index (κ3) is 3.60. The van der Waals surface area contributed by atoms with Gasteiger partial charge in [-0.1, -0.05) is 37.0 Å². The highest BCUT2D eigenvalue weighted by Crippen LogP contribution is 2.49. The van der Waals surface area contributed by atoms with Gasteiger partial charge in [0.1, 0.15) is 0 Å². The van der Waals surface area contributed by atoms with Crippen LogP contribution in [-0.4, -0.2) is 45.8 Å². The van der Waals surface area contributed by atoms with Crippen molar-refractivity contribution in [1.82, 2.24) is 4.90 Å². The number of allylic oxidation sites excluding steroid dienone is 2. The van der Waals surface area contributed by atoms with Gasteiger partial charge in [-0.2, -0.15) is 0 Å². The number of hydrogen-bond acceptors (Lipinski definition) is 3. The molecule has 1 saturated heterocycles. The molecular weight excluding hydrogens is 338 g/mol. The molecule has 2 N–H and O–H groups in total. The lowest BCUT2D eigenvalue weighted by Gasteiger charge is -2.39. The first kappa shape index (κ1) is 18.8. The highest BCUT2D eigenvalue weighted by Gasteiger charge is 2.50. The summed E-state index contributed by atoms with van der Waals surface area (Å²) in [6.45, 7) is 4.15. The van der Waals surface area contributed by atoms with Gasteiger partial charge in [-0.3, -0.25) is 9.69 Å². The van der Waals surface area contributed by atoms with E-state index in [1.807, 2.05) is 18.2 Å². The molecule has 0 aromatic carbocycles. The van der Waals surface area contributed by atoms with E-state index < -0.39 is 17.5 Å². The molecule has 3 unspecified atom stereocenters. The summed E-state index contributed by atoms with van der Waals surface area (Å²) >= 11 is 0. The minimum absolute atomic E-state index is 0.167. The standard InChI is InChI=1S/C23H31NO3/c1-16-20-14-17(20)15-24(16)13-7-5-10-19(22(25)26)21-11-4-6-12-23(21,27)18-8-2-3-9-18/h4,6,11,16-20,27H,2-3,8-10,12-15H2,1H3,(H,25,26)/t16?,17-,19?,20+,23?/m0/s1. The number of aliphatic carboxylic acids is 1. The first-order valence-electron chi connectivity index (χ1n) is 10.5. The van der Waals surface area contributed by atoms with Crippen molar-refractivity contribution in [3.63, 3.8) is 0 Å². The number of carbonyl (C=O) groups is 1. The van der Waals surface area contributed by atoms with Gasteiger partial charge in [0.2, 0.25) is 0 Å². The van der Waals surface area contributed by atoms with Gasteiger partial charge in [-0.05, 0) is 55.9 Å². The normalized spacial score (nSPS) is 36.7. The second-order valence-corrected chi connectivity index (χ2v) is 8.94. The first-order chi connectivity index (χ1) is 13.0. The largest absolute Gasteiger partial charge is 0.481 e. The topological polar surface area (TPSA) is 60.8 Å². The molecule has 3 fully saturated rings. The van der Waals surface area contributed by atoms with Crippen LogP contribution in [0.4, 0.5) is 0 Å². The molecule has 5 atom stereocenters. The van der Waals surface area contributed by atoms with Crippen molar-refractivity contribution in [2.45, 2.75) is 63.5 Å². The van der Waals surface area contributed by atoms with Crippen molar-refractivity contribution in [3.05, 3.63) is 23.8 Å². The number of fused-ring (bicyclic) bond motifs is 1. The molecule has 0 amide bonds. The van der Waals surface area contributed by atoms with Crippen LogP contribution in [0.15, 0.2) is 23.8 Å². The molecule has 3 aliphatic carbocycles. The average molecular weight is 370 g/mol. The van der Waals surface area contributed by atoms with Crippen LogP contribution in [0.5, 0.6) is 0 Å². The van der Waals surface area contributed by atoms with E-state index in [1.165, 1.54) is 6.42 Å². The van der Waals surface area contributed by atoms with Gasteiger partial charge in [0.15, 0.2) is 0 Å². The number of hydrogen-bond donors (Lipinski definition) is 2. The Balaban J connectivity index is 1.44. The first-order valence-corrected chi connectivity index (χ1v) is 10.5. The van der Waals surface area contributed by atoms with E-state index in [2.05, 4.69) is 23.7 Å². The predicted molar refractivity (Wildman–Crippen MR) is 105 cm³/mol. The fourth-order valence-corrected chi connectivity index (χ4v) is 5.59. The molecule has 0 aromatic heterocycles. The smallest absolute Gasteiger partial charge is 0.311 e. The number of nitrogens with zero attached hydrogens (tertiary/aromatic N) is 1. The Morgan fingerprint density at radius 2 is 2.15 bits per heavy atom. The van der Waals surface area contributed by atoms with Gasteiger partial charge in [-0.25, -0.2) is 0 Å². The van der Waals surface area contributed by atoms with E-state index >= 15 is 0 Å². The van der Waals surface area contributed by atoms with Crippen LogP contribution in [0.25, 0.3) is 0 Å². The van der Waals surface area contributed by atoms with Crippen LogP contribution in [0, 0.1) is 35.5 Å². The highest BCUT2D eigenvalue weighted by atomic mass is 16.4. The Hall–Kier alpha value is -1.57. The summed E-state index contributed by atoms with van der Waals surface area (Å²) in [5.74, 6) is 6.62. The zero-order valence-corrected chi connectivity index (χ0v) is 16.2. The molecule has 27 heavy (non-hydrogen) atoms. The van der Waals surface area contributed by atoms with E-state index in [0.717, 1.165) is 50.6 Å². The van der Waals surface area contributed by atoms with Crippen molar-refractivity contribution < 1.29 is 15.0 Å². The maximum Gasteiger partial charge on any atom is 0.311 e. The van der Waals surface area contributed by atoms with E-state index in [0.29, 0.717) is 18.0 Å². The van der Waals surface area contributed by atoms with Gasteiger partial charge in [0, 0.05) is 19.0 Å². The Morgan fingerprint density at radius 3 is 2.81 bits per heavy atom. The molecule has 4 heteroatoms. The number of aliphatic hydroxyl groups is 1. The Morgan fingerprint density at radius 1 is 1.37 bits per heavy atom. The molecular formula is C23H31NO3. The quantitative estimate of drug-likeness (QED) is 0.731. The summed E-state index contributed by atoms with van der Waals surface area (Å²) in [6, 6.07) is 0.609. The minimum Gasteiger partial charge on any atom is -0.481 e. The molecule has 2 saturated carbocycles. The van der Waals surface area contributed by atoms with Gasteiger partial charge in [0.25, 0.3) is 0 Å². The molecule has 0 spiro atoms. The molecule has 1 aliphatic heterocycles. The lowest BCUT2D eigenvalue weighted by molar-refractivity contribution is -0.141. The number of carboxylic acids is 1. The molecule has 4 rings (SSSR count). The van der Waals surface area contributed by atoms with Gasteiger partial charge in [-0.15, -0.1) is 5.92 Å². The maximum atomic E-state index is 12.0. The Kier molecular flexibility index (Phi) is 5.18. The molecule has 0 aromatic rings. The number of likely N-dealkylation sites (tertiary alicyclic amines) is 1. The van der Waals surface area contributed by atoms with E-state index in [4.69, 9.17) is 0 Å². The van der Waals surface area contributed by atoms with E-state index in [9.17, 15) is 15.0 Å². The zero-order chi connectivity index (χ0) is 19.0. The minimum atomic E-state index is -1.01. The second kappa shape index (κ2) is 7.45. The molecule has 4 nitrogen and oxygen atoms in total. The van der Waals surface area contributed by atoms with Crippen LogP contribution in [0.1, 0.15) is 51.9 Å². The molecule has 4 aliphatic rings. The van der Waals surface area contributed by atoms with Crippen molar-refractivity contribution in [2.24, 2.45) is 23.7 Å². The summed E-state index contributed by atoms with van der Waals surface area (Å²) < 4.78 is 0. The van der Waals surface area contributed by atoms with Crippen LogP contribution < -0.4 is 0 Å². The van der Waals surface area contributed by atoms with E-state index in [1.54, 1.807) is 0 Å². The third-order valence-electron chi connectivity index (χ3n) is 7.40. The third-order valence-corrected chi connectivity index (χ3v) is 7.40. The summed E-state index contributed by atoms with van der Waals surface area (Å²) in [7, 11) is 0. The van der Waals surface area contributed by atoms with Crippen molar-refractivity contribution in [1.29, 1.82) is 0 Å². The fourth-order valence-electron chi connectivity index (χ4n) is 5.59. The van der Waals surface area contributed by atoms with Gasteiger partial charge < -0.3 is 10.2 Å². The van der Waals surface area contributed by atoms with Crippen LogP contribution in [-0.2, 0) is 4.79 Å². The summed E-state index contributed by atoms with van der Waals surface area (Å²) in [5, 5.41) is 21.2.